The van der Waals surface area contributed by atoms with E-state index in [9.17, 15) is 5.26 Å². The third-order valence-electron chi connectivity index (χ3n) is 3.27. The maximum atomic E-state index is 9.18. The van der Waals surface area contributed by atoms with Crippen molar-refractivity contribution in [3.05, 3.63) is 53.7 Å². The number of benzene rings is 1. The highest BCUT2D eigenvalue weighted by Gasteiger charge is 2.20. The van der Waals surface area contributed by atoms with Crippen LogP contribution >= 0.6 is 0 Å². The summed E-state index contributed by atoms with van der Waals surface area (Å²) < 4.78 is 0. The van der Waals surface area contributed by atoms with Crippen molar-refractivity contribution in [1.29, 1.82) is 5.26 Å². The van der Waals surface area contributed by atoms with Crippen molar-refractivity contribution >= 4 is 11.5 Å². The van der Waals surface area contributed by atoms with E-state index in [4.69, 9.17) is 0 Å². The monoisotopic (exact) mass is 235 g/mol. The Hall–Kier alpha value is -2.34. The van der Waals surface area contributed by atoms with Crippen LogP contribution in [0.4, 0.5) is 11.5 Å². The molecule has 0 aliphatic carbocycles. The Morgan fingerprint density at radius 3 is 2.94 bits per heavy atom. The molecular formula is C15H13N3. The van der Waals surface area contributed by atoms with Gasteiger partial charge >= 0.3 is 0 Å². The van der Waals surface area contributed by atoms with Gasteiger partial charge in [-0.15, -0.1) is 0 Å². The first-order valence-corrected chi connectivity index (χ1v) is 6.11. The molecule has 0 saturated heterocycles. The fourth-order valence-corrected chi connectivity index (χ4v) is 2.45. The van der Waals surface area contributed by atoms with Gasteiger partial charge in [-0.25, -0.2) is 4.98 Å². The summed E-state index contributed by atoms with van der Waals surface area (Å²) in [6.07, 6.45) is 3.94. The van der Waals surface area contributed by atoms with E-state index < -0.39 is 0 Å². The average molecular weight is 235 g/mol. The van der Waals surface area contributed by atoms with E-state index in [1.54, 1.807) is 12.3 Å². The van der Waals surface area contributed by atoms with Crippen molar-refractivity contribution in [3.63, 3.8) is 0 Å². The van der Waals surface area contributed by atoms with Crippen molar-refractivity contribution in [2.75, 3.05) is 11.4 Å². The smallest absolute Gasteiger partial charge is 0.150 e. The summed E-state index contributed by atoms with van der Waals surface area (Å²) in [6.45, 7) is 0.919. The molecule has 18 heavy (non-hydrogen) atoms. The van der Waals surface area contributed by atoms with Crippen LogP contribution < -0.4 is 4.90 Å². The standard InChI is InChI=1S/C15H13N3/c16-11-13-6-3-9-17-15(13)18-10-4-7-12-5-1-2-8-14(12)18/h1-3,5-6,8-9H,4,7,10H2. The lowest BCUT2D eigenvalue weighted by molar-refractivity contribution is 0.759. The Bertz CT molecular complexity index is 613. The van der Waals surface area contributed by atoms with Gasteiger partial charge in [-0.3, -0.25) is 0 Å². The SMILES string of the molecule is N#Cc1cccnc1N1CCCc2ccccc21. The number of hydrogen-bond donors (Lipinski definition) is 0. The Balaban J connectivity index is 2.12. The first-order valence-electron chi connectivity index (χ1n) is 6.11. The van der Waals surface area contributed by atoms with Crippen LogP contribution in [0.5, 0.6) is 0 Å². The number of pyridine rings is 1. The van der Waals surface area contributed by atoms with Crippen LogP contribution in [-0.4, -0.2) is 11.5 Å². The van der Waals surface area contributed by atoms with Gasteiger partial charge in [0, 0.05) is 18.4 Å². The maximum absolute atomic E-state index is 9.18. The van der Waals surface area contributed by atoms with Crippen molar-refractivity contribution in [3.8, 4) is 6.07 Å². The molecule has 0 atom stereocenters. The van der Waals surface area contributed by atoms with Gasteiger partial charge in [-0.05, 0) is 36.6 Å². The van der Waals surface area contributed by atoms with E-state index in [1.807, 2.05) is 12.1 Å². The summed E-state index contributed by atoms with van der Waals surface area (Å²) >= 11 is 0. The number of aromatic nitrogens is 1. The Morgan fingerprint density at radius 1 is 1.17 bits per heavy atom. The Kier molecular flexibility index (Phi) is 2.70. The van der Waals surface area contributed by atoms with Crippen LogP contribution in [0.3, 0.4) is 0 Å². The van der Waals surface area contributed by atoms with Crippen LogP contribution in [0.2, 0.25) is 0 Å². The largest absolute Gasteiger partial charge is 0.325 e. The van der Waals surface area contributed by atoms with Gasteiger partial charge in [-0.2, -0.15) is 5.26 Å². The van der Waals surface area contributed by atoms with Crippen LogP contribution in [0.1, 0.15) is 17.5 Å². The van der Waals surface area contributed by atoms with Crippen molar-refractivity contribution in [1.82, 2.24) is 4.98 Å². The molecule has 0 saturated carbocycles. The van der Waals surface area contributed by atoms with Gasteiger partial charge in [0.1, 0.15) is 6.07 Å². The molecular weight excluding hydrogens is 222 g/mol. The van der Waals surface area contributed by atoms with Gasteiger partial charge in [0.05, 0.1) is 5.56 Å². The number of fused-ring (bicyclic) bond motifs is 1. The fraction of sp³-hybridized carbons (Fsp3) is 0.200. The number of rotatable bonds is 1. The number of para-hydroxylation sites is 1. The summed E-state index contributed by atoms with van der Waals surface area (Å²) in [6, 6.07) is 14.2. The number of aryl methyl sites for hydroxylation is 1. The summed E-state index contributed by atoms with van der Waals surface area (Å²) in [5.41, 5.74) is 3.14. The topological polar surface area (TPSA) is 39.9 Å². The van der Waals surface area contributed by atoms with E-state index >= 15 is 0 Å². The molecule has 2 aromatic rings. The van der Waals surface area contributed by atoms with E-state index in [0.717, 1.165) is 25.2 Å². The van der Waals surface area contributed by atoms with Crippen LogP contribution in [0, 0.1) is 11.3 Å². The molecule has 1 aliphatic heterocycles. The Labute approximate surface area is 106 Å². The third-order valence-corrected chi connectivity index (χ3v) is 3.27. The molecule has 0 bridgehead atoms. The molecule has 1 aromatic carbocycles. The fourth-order valence-electron chi connectivity index (χ4n) is 2.45. The average Bonchev–Trinajstić information content (AvgIpc) is 2.46. The molecule has 0 amide bonds. The third kappa shape index (κ3) is 1.72. The van der Waals surface area contributed by atoms with Gasteiger partial charge in [0.15, 0.2) is 5.82 Å². The molecule has 3 nitrogen and oxygen atoms in total. The molecule has 0 fully saturated rings. The van der Waals surface area contributed by atoms with Crippen molar-refractivity contribution in [2.45, 2.75) is 12.8 Å². The second kappa shape index (κ2) is 4.50. The number of anilines is 2. The molecule has 2 heterocycles. The molecule has 3 rings (SSSR count). The highest BCUT2D eigenvalue weighted by Crippen LogP contribution is 2.33. The molecule has 0 spiro atoms. The highest BCUT2D eigenvalue weighted by molar-refractivity contribution is 5.69. The predicted molar refractivity (Wildman–Crippen MR) is 70.7 cm³/mol. The summed E-state index contributed by atoms with van der Waals surface area (Å²) in [5, 5.41) is 9.18. The number of nitriles is 1. The summed E-state index contributed by atoms with van der Waals surface area (Å²) in [7, 11) is 0. The van der Waals surface area contributed by atoms with E-state index in [0.29, 0.717) is 5.56 Å². The van der Waals surface area contributed by atoms with Crippen molar-refractivity contribution in [2.24, 2.45) is 0 Å². The second-order valence-electron chi connectivity index (χ2n) is 4.37. The van der Waals surface area contributed by atoms with Gasteiger partial charge < -0.3 is 4.90 Å². The van der Waals surface area contributed by atoms with E-state index in [2.05, 4.69) is 34.2 Å². The zero-order chi connectivity index (χ0) is 12.4. The van der Waals surface area contributed by atoms with Crippen molar-refractivity contribution < 1.29 is 0 Å². The minimum Gasteiger partial charge on any atom is -0.325 e. The first-order chi connectivity index (χ1) is 8.90. The highest BCUT2D eigenvalue weighted by atomic mass is 15.2. The maximum Gasteiger partial charge on any atom is 0.150 e. The Morgan fingerprint density at radius 2 is 2.06 bits per heavy atom. The minimum absolute atomic E-state index is 0.634. The van der Waals surface area contributed by atoms with Gasteiger partial charge in [0.2, 0.25) is 0 Å². The lowest BCUT2D eigenvalue weighted by Crippen LogP contribution is -2.25. The molecule has 3 heteroatoms. The number of hydrogen-bond acceptors (Lipinski definition) is 3. The molecule has 0 unspecified atom stereocenters. The van der Waals surface area contributed by atoms with E-state index in [1.165, 1.54) is 11.3 Å². The zero-order valence-electron chi connectivity index (χ0n) is 10.0. The summed E-state index contributed by atoms with van der Waals surface area (Å²) in [4.78, 5) is 6.53. The van der Waals surface area contributed by atoms with Crippen LogP contribution in [0.15, 0.2) is 42.6 Å². The second-order valence-corrected chi connectivity index (χ2v) is 4.37. The predicted octanol–water partition coefficient (Wildman–Crippen LogP) is 3.04. The molecule has 88 valence electrons. The first kappa shape index (κ1) is 10.8. The van der Waals surface area contributed by atoms with Crippen LogP contribution in [-0.2, 0) is 6.42 Å². The molecule has 1 aromatic heterocycles. The molecule has 1 aliphatic rings. The zero-order valence-corrected chi connectivity index (χ0v) is 10.0. The van der Waals surface area contributed by atoms with E-state index in [-0.39, 0.29) is 0 Å². The van der Waals surface area contributed by atoms with Gasteiger partial charge in [-0.1, -0.05) is 18.2 Å². The van der Waals surface area contributed by atoms with Gasteiger partial charge in [0.25, 0.3) is 0 Å². The van der Waals surface area contributed by atoms with Crippen LogP contribution in [0.25, 0.3) is 0 Å². The summed E-state index contributed by atoms with van der Waals surface area (Å²) in [5.74, 6) is 0.771. The normalized spacial score (nSPS) is 13.8. The molecule has 0 radical (unpaired) electrons. The lowest BCUT2D eigenvalue weighted by Gasteiger charge is -2.30. The molecule has 0 N–H and O–H groups in total. The minimum atomic E-state index is 0.634. The number of nitrogens with zero attached hydrogens (tertiary/aromatic N) is 3. The lowest BCUT2D eigenvalue weighted by atomic mass is 10.0. The quantitative estimate of drug-likeness (QED) is 0.762.